The van der Waals surface area contributed by atoms with Gasteiger partial charge in [0.25, 0.3) is 0 Å². The predicted octanol–water partition coefficient (Wildman–Crippen LogP) is 3.73. The minimum Gasteiger partial charge on any atom is -0.494 e. The summed E-state index contributed by atoms with van der Waals surface area (Å²) in [6.45, 7) is 18.7. The van der Waals surface area contributed by atoms with E-state index < -0.39 is 85.5 Å². The molecule has 18 nitrogen and oxygen atoms in total. The summed E-state index contributed by atoms with van der Waals surface area (Å²) in [5, 5.41) is 73.9. The van der Waals surface area contributed by atoms with Crippen LogP contribution in [0.2, 0.25) is 0 Å². The summed E-state index contributed by atoms with van der Waals surface area (Å²) in [7, 11) is -4.67. The highest BCUT2D eigenvalue weighted by Crippen LogP contribution is 2.78. The average Bonchev–Trinajstić information content (AvgIpc) is 3.45. The molecule has 8 fully saturated rings. The molecule has 20 heteroatoms. The Hall–Kier alpha value is -2.21. The zero-order valence-electron chi connectivity index (χ0n) is 41.1. The Labute approximate surface area is 413 Å². The molecule has 4 saturated carbocycles. The van der Waals surface area contributed by atoms with Crippen LogP contribution < -0.4 is 9.47 Å². The highest BCUT2D eigenvalue weighted by molar-refractivity contribution is 7.79. The number of fused-ring (bicyclic) bond motifs is 5. The van der Waals surface area contributed by atoms with E-state index in [1.807, 2.05) is 31.2 Å². The van der Waals surface area contributed by atoms with E-state index in [2.05, 4.69) is 23.6 Å². The Morgan fingerprint density at radius 1 is 0.870 bits per heavy atom. The summed E-state index contributed by atoms with van der Waals surface area (Å²) in [4.78, 5) is 17.3. The van der Waals surface area contributed by atoms with E-state index in [-0.39, 0.29) is 37.8 Å². The van der Waals surface area contributed by atoms with E-state index in [0.29, 0.717) is 50.1 Å². The van der Waals surface area contributed by atoms with Crippen molar-refractivity contribution in [2.45, 2.75) is 164 Å². The van der Waals surface area contributed by atoms with Crippen LogP contribution in [0.3, 0.4) is 0 Å². The number of nitrogens with zero attached hydrogens (tertiary/aromatic N) is 2. The van der Waals surface area contributed by atoms with E-state index >= 15 is 0 Å². The second-order valence-electron chi connectivity index (χ2n) is 21.4. The van der Waals surface area contributed by atoms with Crippen LogP contribution in [0.4, 0.5) is 0 Å². The second-order valence-corrected chi connectivity index (χ2v) is 22.3. The fraction of sp³-hybridized carbons (Fsp3) is 0.816. The lowest BCUT2D eigenvalue weighted by molar-refractivity contribution is -0.354. The Morgan fingerprint density at radius 3 is 2.06 bits per heavy atom. The molecule has 69 heavy (non-hydrogen) atoms. The second kappa shape index (κ2) is 21.0. The maximum Gasteiger partial charge on any atom is 0.394 e. The third-order valence-electron chi connectivity index (χ3n) is 17.6. The van der Waals surface area contributed by atoms with Gasteiger partial charge in [-0.05, 0) is 102 Å². The molecular weight excluding hydrogens is 940 g/mol. The van der Waals surface area contributed by atoms with Gasteiger partial charge in [-0.1, -0.05) is 33.3 Å². The number of carbonyl (C=O) groups is 1. The number of aliphatic hydroxyl groups excluding tert-OH is 1. The molecule has 4 aliphatic heterocycles. The molecule has 1 aromatic rings. The molecule has 1 aromatic carbocycles. The molecule has 9 rings (SSSR count). The molecule has 4 aliphatic carbocycles. The van der Waals surface area contributed by atoms with Gasteiger partial charge >= 0.3 is 16.4 Å². The first kappa shape index (κ1) is 56.1. The minimum absolute atomic E-state index is 0. The molecular formula is C49H79ClN2O16S. The first-order valence-electron chi connectivity index (χ1n) is 24.8. The van der Waals surface area contributed by atoms with E-state index in [4.69, 9.17) is 41.2 Å². The number of esters is 1. The van der Waals surface area contributed by atoms with Gasteiger partial charge in [-0.15, -0.1) is 12.4 Å². The third kappa shape index (κ3) is 9.98. The Balaban J connectivity index is 0.000000243. The molecule has 0 radical (unpaired) electrons. The van der Waals surface area contributed by atoms with Crippen molar-refractivity contribution in [2.24, 2.45) is 29.1 Å². The molecule has 4 saturated heterocycles. The van der Waals surface area contributed by atoms with Crippen LogP contribution in [-0.4, -0.2) is 175 Å². The van der Waals surface area contributed by atoms with Gasteiger partial charge in [-0.3, -0.25) is 18.9 Å². The quantitative estimate of drug-likeness (QED) is 0.0680. The van der Waals surface area contributed by atoms with Crippen molar-refractivity contribution >= 4 is 28.8 Å². The van der Waals surface area contributed by atoms with Crippen LogP contribution in [0.25, 0.3) is 0 Å². The van der Waals surface area contributed by atoms with Gasteiger partial charge in [0.2, 0.25) is 5.79 Å². The zero-order chi connectivity index (χ0) is 49.7. The molecule has 8 aliphatic rings. The van der Waals surface area contributed by atoms with Crippen LogP contribution in [0.15, 0.2) is 35.9 Å². The zero-order valence-corrected chi connectivity index (χ0v) is 42.8. The van der Waals surface area contributed by atoms with Crippen molar-refractivity contribution in [3.63, 3.8) is 0 Å². The number of rotatable bonds is 11. The molecule has 4 bridgehead atoms. The largest absolute Gasteiger partial charge is 0.494 e. The fourth-order valence-corrected chi connectivity index (χ4v) is 14.1. The average molecular weight is 1020 g/mol. The molecule has 0 amide bonds. The molecule has 0 aromatic heterocycles. The lowest BCUT2D eigenvalue weighted by Gasteiger charge is -2.68. The number of carbonyl (C=O) groups excluding carboxylic acids is 1. The molecule has 8 N–H and O–H groups in total. The molecule has 4 heterocycles. The topological polar surface area (TPSA) is 266 Å². The van der Waals surface area contributed by atoms with Gasteiger partial charge in [-0.25, -0.2) is 4.79 Å². The van der Waals surface area contributed by atoms with Crippen molar-refractivity contribution in [3.8, 4) is 11.5 Å². The summed E-state index contributed by atoms with van der Waals surface area (Å²) < 4.78 is 60.9. The predicted molar refractivity (Wildman–Crippen MR) is 255 cm³/mol. The maximum absolute atomic E-state index is 12.9. The standard InChI is InChI=1S/C32H49NO9.C17H27NO3.ClH.H2O4S/c1-6-18(3)25(35)41-24-11-12-26(4)19-8-9-20-28(37)13-23(34)31(39)21(29(28,38)16-30(20,26)42-32(19,24)40)15-33-14-17(2)7-10-22(33)27(31,5)36;1-2-3-12-20-16-5-7-17(8-6-16)21-13-4-9-18-10-14-19-15-11-18;;1-5(2,3)4/h6,17,19-24,34,36-40H,7-16H2,1-5H3;5-8H,2-4,9-15H2,1H3;1H;(H2,1,2,3,4). The molecule has 14 unspecified atom stereocenters. The van der Waals surface area contributed by atoms with E-state index in [1.54, 1.807) is 26.8 Å². The van der Waals surface area contributed by atoms with Gasteiger partial charge in [0.15, 0.2) is 6.10 Å². The lowest BCUT2D eigenvalue weighted by atomic mass is 9.49. The van der Waals surface area contributed by atoms with Crippen molar-refractivity contribution in [1.82, 2.24) is 9.80 Å². The fourth-order valence-electron chi connectivity index (χ4n) is 14.1. The highest BCUT2D eigenvalue weighted by atomic mass is 35.5. The Morgan fingerprint density at radius 2 is 1.46 bits per heavy atom. The first-order valence-corrected chi connectivity index (χ1v) is 26.2. The number of ether oxygens (including phenoxy) is 5. The normalized spacial score (nSPS) is 42.3. The van der Waals surface area contributed by atoms with Crippen molar-refractivity contribution in [2.75, 3.05) is 59.2 Å². The number of morpholine rings is 1. The van der Waals surface area contributed by atoms with Gasteiger partial charge in [0.1, 0.15) is 33.9 Å². The number of allylic oxidation sites excluding steroid dienone is 1. The minimum atomic E-state index is -4.67. The van der Waals surface area contributed by atoms with Crippen LogP contribution in [0, 0.1) is 29.1 Å². The Bertz CT molecular complexity index is 2070. The summed E-state index contributed by atoms with van der Waals surface area (Å²) in [6.07, 6.45) is 5.60. The van der Waals surface area contributed by atoms with Crippen LogP contribution in [0.5, 0.6) is 11.5 Å². The summed E-state index contributed by atoms with van der Waals surface area (Å²) >= 11 is 0. The van der Waals surface area contributed by atoms with Crippen molar-refractivity contribution in [1.29, 1.82) is 0 Å². The third-order valence-corrected chi connectivity index (χ3v) is 17.6. The van der Waals surface area contributed by atoms with Crippen LogP contribution >= 0.6 is 12.4 Å². The number of hydrogen-bond donors (Lipinski definition) is 8. The van der Waals surface area contributed by atoms with Gasteiger partial charge in [-0.2, -0.15) is 8.42 Å². The number of aliphatic hydroxyl groups is 6. The highest BCUT2D eigenvalue weighted by Gasteiger charge is 2.88. The van der Waals surface area contributed by atoms with Crippen molar-refractivity contribution < 1.29 is 76.6 Å². The Kier molecular flexibility index (Phi) is 17.0. The molecule has 394 valence electrons. The molecule has 1 spiro atoms. The summed E-state index contributed by atoms with van der Waals surface area (Å²) in [5.74, 6) is -2.21. The number of hydrogen-bond acceptors (Lipinski definition) is 16. The number of benzene rings is 1. The monoisotopic (exact) mass is 1020 g/mol. The smallest absolute Gasteiger partial charge is 0.394 e. The summed E-state index contributed by atoms with van der Waals surface area (Å²) in [6, 6.07) is 7.54. The SMILES string of the molecule is CC=C(C)C(=O)OC1CCC2(C)C3CCC4C5(O)CC(O)C6(O)C(CN7CC(C)CCC7C6(C)O)C5(O)CC42OC13O.CCCCOc1ccc(OCCCN2CCOCC2)cc1.Cl.O=S(=O)(O)O. The van der Waals surface area contributed by atoms with E-state index in [9.17, 15) is 35.4 Å². The first-order chi connectivity index (χ1) is 31.8. The van der Waals surface area contributed by atoms with E-state index in [1.165, 1.54) is 0 Å². The van der Waals surface area contributed by atoms with Gasteiger partial charge < -0.3 is 54.3 Å². The summed E-state index contributed by atoms with van der Waals surface area (Å²) in [5.41, 5.74) is -8.96. The van der Waals surface area contributed by atoms with Crippen molar-refractivity contribution in [3.05, 3.63) is 35.9 Å². The van der Waals surface area contributed by atoms with Crippen LogP contribution in [0.1, 0.15) is 112 Å². The van der Waals surface area contributed by atoms with E-state index in [0.717, 1.165) is 83.2 Å². The van der Waals surface area contributed by atoms with Gasteiger partial charge in [0, 0.05) is 80.3 Å². The lowest BCUT2D eigenvalue weighted by Crippen LogP contribution is -2.85. The number of halogens is 1. The molecule has 14 atom stereocenters. The number of unbranched alkanes of at least 4 members (excludes halogenated alkanes) is 1. The maximum atomic E-state index is 12.9. The number of piperidine rings is 2. The van der Waals surface area contributed by atoms with Crippen LogP contribution in [-0.2, 0) is 29.4 Å². The van der Waals surface area contributed by atoms with Gasteiger partial charge in [0.05, 0.1) is 38.1 Å².